The van der Waals surface area contributed by atoms with Gasteiger partial charge in [-0.1, -0.05) is 39.0 Å². The quantitative estimate of drug-likeness (QED) is 0.815. The maximum Gasteiger partial charge on any atom is 0.329 e. The third kappa shape index (κ3) is 4.57. The van der Waals surface area contributed by atoms with Crippen LogP contribution in [-0.4, -0.2) is 37.4 Å². The van der Waals surface area contributed by atoms with Crippen molar-refractivity contribution in [3.05, 3.63) is 0 Å². The van der Waals surface area contributed by atoms with Gasteiger partial charge in [-0.3, -0.25) is 0 Å². The van der Waals surface area contributed by atoms with Gasteiger partial charge in [0, 0.05) is 18.6 Å². The summed E-state index contributed by atoms with van der Waals surface area (Å²) in [7, 11) is -3.74. The predicted molar refractivity (Wildman–Crippen MR) is 82.1 cm³/mol. The molecule has 0 aromatic rings. The number of hydrogen-bond acceptors (Lipinski definition) is 3. The van der Waals surface area contributed by atoms with Crippen LogP contribution in [0.25, 0.3) is 0 Å². The van der Waals surface area contributed by atoms with Gasteiger partial charge < -0.3 is 5.32 Å². The molecular weight excluding hydrogens is 290 g/mol. The Balaban J connectivity index is 1.92. The van der Waals surface area contributed by atoms with E-state index in [1.54, 1.807) is 0 Å². The molecule has 0 aliphatic heterocycles. The third-order valence-corrected chi connectivity index (χ3v) is 6.13. The molecule has 2 amide bonds. The normalized spacial score (nSPS) is 21.6. The van der Waals surface area contributed by atoms with Crippen molar-refractivity contribution in [2.45, 2.75) is 76.8 Å². The lowest BCUT2D eigenvalue weighted by Crippen LogP contribution is -2.52. The van der Waals surface area contributed by atoms with Crippen LogP contribution in [0, 0.1) is 0 Å². The fraction of sp³-hybridized carbons (Fsp3) is 0.929. The minimum Gasteiger partial charge on any atom is -0.335 e. The summed E-state index contributed by atoms with van der Waals surface area (Å²) >= 11 is 0. The smallest absolute Gasteiger partial charge is 0.329 e. The molecule has 7 heteroatoms. The van der Waals surface area contributed by atoms with Crippen LogP contribution < -0.4 is 10.0 Å². The lowest BCUT2D eigenvalue weighted by molar-refractivity contribution is 0.237. The molecule has 0 aromatic carbocycles. The molecule has 2 saturated carbocycles. The Hall–Kier alpha value is -0.820. The minimum absolute atomic E-state index is 0.0283. The van der Waals surface area contributed by atoms with Crippen LogP contribution in [0.15, 0.2) is 0 Å². The van der Waals surface area contributed by atoms with E-state index >= 15 is 0 Å². The fourth-order valence-electron chi connectivity index (χ4n) is 3.45. The van der Waals surface area contributed by atoms with Crippen molar-refractivity contribution >= 4 is 16.2 Å². The molecule has 0 radical (unpaired) electrons. The molecule has 0 heterocycles. The van der Waals surface area contributed by atoms with Crippen molar-refractivity contribution in [1.29, 1.82) is 0 Å². The van der Waals surface area contributed by atoms with Gasteiger partial charge in [0.25, 0.3) is 0 Å². The molecular formula is C14H27N3O3S. The molecule has 0 saturated heterocycles. The topological polar surface area (TPSA) is 78.5 Å². The Morgan fingerprint density at radius 2 is 1.62 bits per heavy atom. The lowest BCUT2D eigenvalue weighted by Gasteiger charge is -2.32. The summed E-state index contributed by atoms with van der Waals surface area (Å²) in [5.74, 6) is 0. The monoisotopic (exact) mass is 317 g/mol. The number of nitrogens with one attached hydrogen (secondary N) is 2. The van der Waals surface area contributed by atoms with Crippen molar-refractivity contribution in [3.8, 4) is 0 Å². The molecule has 0 aromatic heterocycles. The summed E-state index contributed by atoms with van der Waals surface area (Å²) in [5.41, 5.74) is 0. The Labute approximate surface area is 127 Å². The van der Waals surface area contributed by atoms with Gasteiger partial charge in [-0.25, -0.2) is 9.52 Å². The van der Waals surface area contributed by atoms with Gasteiger partial charge in [0.1, 0.15) is 0 Å². The zero-order valence-corrected chi connectivity index (χ0v) is 13.6. The molecule has 2 aliphatic carbocycles. The Morgan fingerprint density at radius 3 is 2.19 bits per heavy atom. The van der Waals surface area contributed by atoms with Crippen molar-refractivity contribution < 1.29 is 13.2 Å². The molecule has 2 aliphatic rings. The highest BCUT2D eigenvalue weighted by molar-refractivity contribution is 7.87. The first kappa shape index (κ1) is 16.5. The molecule has 21 heavy (non-hydrogen) atoms. The van der Waals surface area contributed by atoms with E-state index in [4.69, 9.17) is 0 Å². The Morgan fingerprint density at radius 1 is 1.05 bits per heavy atom. The van der Waals surface area contributed by atoms with E-state index in [1.165, 1.54) is 10.7 Å². The highest BCUT2D eigenvalue weighted by atomic mass is 32.2. The summed E-state index contributed by atoms with van der Waals surface area (Å²) < 4.78 is 28.4. The highest BCUT2D eigenvalue weighted by Crippen LogP contribution is 2.24. The van der Waals surface area contributed by atoms with E-state index in [-0.39, 0.29) is 12.1 Å². The summed E-state index contributed by atoms with van der Waals surface area (Å²) in [6, 6.07) is -0.443. The largest absolute Gasteiger partial charge is 0.335 e. The zero-order valence-electron chi connectivity index (χ0n) is 12.8. The van der Waals surface area contributed by atoms with Gasteiger partial charge >= 0.3 is 16.2 Å². The minimum atomic E-state index is -3.74. The van der Waals surface area contributed by atoms with Crippen molar-refractivity contribution in [1.82, 2.24) is 14.3 Å². The summed E-state index contributed by atoms with van der Waals surface area (Å²) in [5, 5.41) is 2.76. The fourth-order valence-corrected chi connectivity index (χ4v) is 4.81. The average Bonchev–Trinajstić information content (AvgIpc) is 2.92. The van der Waals surface area contributed by atoms with Gasteiger partial charge in [-0.05, 0) is 25.7 Å². The Kier molecular flexibility index (Phi) is 5.87. The second-order valence-corrected chi connectivity index (χ2v) is 7.68. The maximum atomic E-state index is 12.4. The highest BCUT2D eigenvalue weighted by Gasteiger charge is 2.31. The number of hydrogen-bond donors (Lipinski definition) is 2. The van der Waals surface area contributed by atoms with Gasteiger partial charge in [0.2, 0.25) is 0 Å². The second kappa shape index (κ2) is 7.45. The molecule has 0 unspecified atom stereocenters. The van der Waals surface area contributed by atoms with Crippen molar-refractivity contribution in [2.24, 2.45) is 0 Å². The number of carbonyl (C=O) groups is 1. The molecule has 2 rings (SSSR count). The molecule has 0 atom stereocenters. The zero-order chi connectivity index (χ0) is 15.3. The second-order valence-electron chi connectivity index (χ2n) is 6.06. The maximum absolute atomic E-state index is 12.4. The van der Waals surface area contributed by atoms with E-state index in [1.807, 2.05) is 6.92 Å². The van der Waals surface area contributed by atoms with E-state index < -0.39 is 16.2 Å². The van der Waals surface area contributed by atoms with Crippen LogP contribution >= 0.6 is 0 Å². The van der Waals surface area contributed by atoms with Crippen LogP contribution in [0.5, 0.6) is 0 Å². The molecule has 2 fully saturated rings. The van der Waals surface area contributed by atoms with Crippen LogP contribution in [0.1, 0.15) is 64.7 Å². The van der Waals surface area contributed by atoms with E-state index in [9.17, 15) is 13.2 Å². The predicted octanol–water partition coefficient (Wildman–Crippen LogP) is 2.13. The molecule has 0 bridgehead atoms. The Bertz CT molecular complexity index is 440. The first-order valence-corrected chi connectivity index (χ1v) is 9.57. The van der Waals surface area contributed by atoms with Gasteiger partial charge in [0.05, 0.1) is 0 Å². The summed E-state index contributed by atoms with van der Waals surface area (Å²) in [6.45, 7) is 2.22. The van der Waals surface area contributed by atoms with Gasteiger partial charge in [-0.2, -0.15) is 12.7 Å². The first-order valence-electron chi connectivity index (χ1n) is 8.13. The number of carbonyl (C=O) groups excluding carboxylic acids is 1. The molecule has 122 valence electrons. The van der Waals surface area contributed by atoms with Gasteiger partial charge in [0.15, 0.2) is 0 Å². The summed E-state index contributed by atoms with van der Waals surface area (Å²) in [6.07, 6.45) is 9.14. The number of nitrogens with zero attached hydrogens (tertiary/aromatic N) is 1. The van der Waals surface area contributed by atoms with Crippen LogP contribution in [-0.2, 0) is 10.2 Å². The number of amides is 2. The van der Waals surface area contributed by atoms with Crippen LogP contribution in [0.4, 0.5) is 4.79 Å². The number of rotatable bonds is 5. The number of urea groups is 1. The standard InChI is InChI=1S/C14H27N3O3S/c1-2-17(13-10-4-3-5-11-13)21(19,20)16-14(18)15-12-8-6-7-9-12/h12-13H,2-11H2,1H3,(H2,15,16,18). The van der Waals surface area contributed by atoms with Crippen LogP contribution in [0.2, 0.25) is 0 Å². The summed E-state index contributed by atoms with van der Waals surface area (Å²) in [4.78, 5) is 11.9. The van der Waals surface area contributed by atoms with Crippen molar-refractivity contribution in [3.63, 3.8) is 0 Å². The lowest BCUT2D eigenvalue weighted by atomic mass is 9.95. The third-order valence-electron chi connectivity index (χ3n) is 4.51. The van der Waals surface area contributed by atoms with Crippen LogP contribution in [0.3, 0.4) is 0 Å². The molecule has 2 N–H and O–H groups in total. The van der Waals surface area contributed by atoms with Gasteiger partial charge in [-0.15, -0.1) is 0 Å². The first-order chi connectivity index (χ1) is 10.0. The van der Waals surface area contributed by atoms with Crippen molar-refractivity contribution in [2.75, 3.05) is 6.54 Å². The van der Waals surface area contributed by atoms with E-state index in [0.29, 0.717) is 6.54 Å². The molecule has 0 spiro atoms. The molecule has 6 nitrogen and oxygen atoms in total. The van der Waals surface area contributed by atoms with E-state index in [0.717, 1.165) is 51.4 Å². The average molecular weight is 317 g/mol. The SMILES string of the molecule is CCN(C1CCCCC1)S(=O)(=O)NC(=O)NC1CCCC1. The van der Waals surface area contributed by atoms with E-state index in [2.05, 4.69) is 10.0 Å².